The summed E-state index contributed by atoms with van der Waals surface area (Å²) in [5.74, 6) is 0.356. The Morgan fingerprint density at radius 3 is 2.14 bits per heavy atom. The Labute approximate surface area is 129 Å². The normalized spacial score (nSPS) is 12.2. The molecule has 0 heterocycles. The Hall–Kier alpha value is -2.24. The molecule has 0 fully saturated rings. The summed E-state index contributed by atoms with van der Waals surface area (Å²) in [7, 11) is 0. The van der Waals surface area contributed by atoms with Crippen molar-refractivity contribution in [2.45, 2.75) is 18.9 Å². The number of aliphatic hydroxyl groups is 1. The van der Waals surface area contributed by atoms with Crippen molar-refractivity contribution >= 4 is 0 Å². The van der Waals surface area contributed by atoms with E-state index in [-0.39, 0.29) is 29.9 Å². The van der Waals surface area contributed by atoms with Gasteiger partial charge in [-0.15, -0.1) is 0 Å². The van der Waals surface area contributed by atoms with Crippen LogP contribution in [0.4, 0.5) is 0 Å². The first kappa shape index (κ1) is 16.1. The van der Waals surface area contributed by atoms with Crippen LogP contribution in [-0.4, -0.2) is 39.6 Å². The zero-order valence-electron chi connectivity index (χ0n) is 12.2. The average molecular weight is 303 g/mol. The van der Waals surface area contributed by atoms with Crippen LogP contribution in [0.15, 0.2) is 42.5 Å². The summed E-state index contributed by atoms with van der Waals surface area (Å²) in [6.45, 7) is 0.502. The lowest BCUT2D eigenvalue weighted by Gasteiger charge is -2.17. The van der Waals surface area contributed by atoms with Crippen LogP contribution in [0.3, 0.4) is 0 Å². The number of aromatic hydroxyl groups is 3. The number of phenolic OH excluding ortho intramolecular Hbond substituents is 3. The molecule has 0 saturated heterocycles. The molecule has 0 amide bonds. The number of nitrogens with one attached hydrogen (secondary N) is 1. The van der Waals surface area contributed by atoms with Crippen molar-refractivity contribution in [1.29, 1.82) is 0 Å². The monoisotopic (exact) mass is 303 g/mol. The van der Waals surface area contributed by atoms with E-state index in [0.717, 1.165) is 5.56 Å². The summed E-state index contributed by atoms with van der Waals surface area (Å²) < 4.78 is 0. The molecule has 2 aromatic carbocycles. The Morgan fingerprint density at radius 1 is 0.909 bits per heavy atom. The van der Waals surface area contributed by atoms with E-state index < -0.39 is 0 Å². The summed E-state index contributed by atoms with van der Waals surface area (Å²) in [5.41, 5.74) is 1.51. The van der Waals surface area contributed by atoms with Gasteiger partial charge in [0.25, 0.3) is 0 Å². The molecule has 1 atom stereocenters. The summed E-state index contributed by atoms with van der Waals surface area (Å²) in [6, 6.07) is 11.4. The number of benzene rings is 2. The molecule has 0 spiro atoms. The lowest BCUT2D eigenvalue weighted by atomic mass is 10.1. The van der Waals surface area contributed by atoms with Crippen molar-refractivity contribution < 1.29 is 20.4 Å². The second-order valence-corrected chi connectivity index (χ2v) is 5.23. The Balaban J connectivity index is 1.87. The van der Waals surface area contributed by atoms with Gasteiger partial charge in [-0.25, -0.2) is 0 Å². The van der Waals surface area contributed by atoms with Gasteiger partial charge in [-0.3, -0.25) is 0 Å². The van der Waals surface area contributed by atoms with Crippen LogP contribution in [0.1, 0.15) is 11.1 Å². The Morgan fingerprint density at radius 2 is 1.55 bits per heavy atom. The number of hydrogen-bond donors (Lipinski definition) is 5. The molecule has 22 heavy (non-hydrogen) atoms. The maximum absolute atomic E-state index is 9.71. The molecule has 118 valence electrons. The summed E-state index contributed by atoms with van der Waals surface area (Å²) in [4.78, 5) is 0. The predicted octanol–water partition coefficient (Wildman–Crippen LogP) is 1.54. The van der Waals surface area contributed by atoms with Crippen LogP contribution >= 0.6 is 0 Å². The first-order chi connectivity index (χ1) is 10.6. The Kier molecular flexibility index (Phi) is 5.63. The highest BCUT2D eigenvalue weighted by atomic mass is 16.3. The van der Waals surface area contributed by atoms with E-state index in [1.165, 1.54) is 12.1 Å². The van der Waals surface area contributed by atoms with Crippen LogP contribution in [0.25, 0.3) is 0 Å². The van der Waals surface area contributed by atoms with Gasteiger partial charge >= 0.3 is 0 Å². The molecule has 0 bridgehead atoms. The largest absolute Gasteiger partial charge is 0.508 e. The van der Waals surface area contributed by atoms with Crippen LogP contribution in [0, 0.1) is 0 Å². The summed E-state index contributed by atoms with van der Waals surface area (Å²) in [6.07, 6.45) is 1.09. The van der Waals surface area contributed by atoms with Crippen LogP contribution < -0.4 is 5.32 Å². The van der Waals surface area contributed by atoms with Gasteiger partial charge in [0.15, 0.2) is 0 Å². The molecule has 5 heteroatoms. The van der Waals surface area contributed by atoms with Crippen LogP contribution in [0.5, 0.6) is 17.2 Å². The molecule has 0 aliphatic heterocycles. The van der Waals surface area contributed by atoms with E-state index in [2.05, 4.69) is 5.32 Å². The van der Waals surface area contributed by atoms with E-state index in [1.807, 2.05) is 12.1 Å². The zero-order chi connectivity index (χ0) is 15.9. The molecule has 5 nitrogen and oxygen atoms in total. The van der Waals surface area contributed by atoms with Gasteiger partial charge in [0, 0.05) is 11.6 Å². The maximum atomic E-state index is 9.71. The fourth-order valence-corrected chi connectivity index (χ4v) is 2.34. The molecule has 0 unspecified atom stereocenters. The number of hydrogen-bond acceptors (Lipinski definition) is 5. The Bertz CT molecular complexity index is 578. The molecular weight excluding hydrogens is 282 g/mol. The highest BCUT2D eigenvalue weighted by molar-refractivity contribution is 5.43. The molecule has 2 aromatic rings. The second kappa shape index (κ2) is 7.68. The summed E-state index contributed by atoms with van der Waals surface area (Å²) in [5, 5.41) is 41.3. The maximum Gasteiger partial charge on any atom is 0.122 e. The first-order valence-corrected chi connectivity index (χ1v) is 7.22. The fourth-order valence-electron chi connectivity index (χ4n) is 2.34. The SMILES string of the molecule is OC[C@H](Cc1ccc(O)cc1)NCCc1c(O)cccc1O. The minimum atomic E-state index is -0.127. The van der Waals surface area contributed by atoms with Crippen molar-refractivity contribution in [3.63, 3.8) is 0 Å². The molecule has 0 aliphatic carbocycles. The van der Waals surface area contributed by atoms with Crippen LogP contribution in [-0.2, 0) is 12.8 Å². The molecule has 0 aliphatic rings. The number of rotatable bonds is 7. The number of aliphatic hydroxyl groups excluding tert-OH is 1. The number of phenols is 3. The fraction of sp³-hybridized carbons (Fsp3) is 0.294. The highest BCUT2D eigenvalue weighted by Crippen LogP contribution is 2.26. The molecule has 5 N–H and O–H groups in total. The van der Waals surface area contributed by atoms with Gasteiger partial charge in [-0.05, 0) is 49.2 Å². The van der Waals surface area contributed by atoms with E-state index in [0.29, 0.717) is 24.9 Å². The van der Waals surface area contributed by atoms with E-state index in [9.17, 15) is 20.4 Å². The van der Waals surface area contributed by atoms with Gasteiger partial charge in [-0.2, -0.15) is 0 Å². The highest BCUT2D eigenvalue weighted by Gasteiger charge is 2.10. The molecule has 0 saturated carbocycles. The van der Waals surface area contributed by atoms with Crippen molar-refractivity contribution in [3.8, 4) is 17.2 Å². The average Bonchev–Trinajstić information content (AvgIpc) is 2.51. The molecule has 0 aromatic heterocycles. The van der Waals surface area contributed by atoms with Crippen LogP contribution in [0.2, 0.25) is 0 Å². The third-order valence-corrected chi connectivity index (χ3v) is 3.57. The summed E-state index contributed by atoms with van der Waals surface area (Å²) >= 11 is 0. The smallest absolute Gasteiger partial charge is 0.122 e. The minimum Gasteiger partial charge on any atom is -0.508 e. The van der Waals surface area contributed by atoms with Crippen molar-refractivity contribution in [2.24, 2.45) is 0 Å². The van der Waals surface area contributed by atoms with Gasteiger partial charge in [-0.1, -0.05) is 18.2 Å². The standard InChI is InChI=1S/C17H21NO4/c19-11-13(10-12-4-6-14(20)7-5-12)18-9-8-15-16(21)2-1-3-17(15)22/h1-7,13,18-22H,8-11H2/t13-/m0/s1. The molecule has 2 rings (SSSR count). The quantitative estimate of drug-likeness (QED) is 0.535. The molecule has 0 radical (unpaired) electrons. The van der Waals surface area contributed by atoms with Crippen molar-refractivity contribution in [1.82, 2.24) is 5.32 Å². The van der Waals surface area contributed by atoms with Crippen molar-refractivity contribution in [3.05, 3.63) is 53.6 Å². The van der Waals surface area contributed by atoms with Gasteiger partial charge in [0.05, 0.1) is 6.61 Å². The van der Waals surface area contributed by atoms with E-state index >= 15 is 0 Å². The lowest BCUT2D eigenvalue weighted by Crippen LogP contribution is -2.35. The van der Waals surface area contributed by atoms with Gasteiger partial charge in [0.1, 0.15) is 17.2 Å². The van der Waals surface area contributed by atoms with E-state index in [1.54, 1.807) is 18.2 Å². The van der Waals surface area contributed by atoms with Gasteiger partial charge in [0.2, 0.25) is 0 Å². The van der Waals surface area contributed by atoms with Gasteiger partial charge < -0.3 is 25.7 Å². The molecular formula is C17H21NO4. The second-order valence-electron chi connectivity index (χ2n) is 5.23. The third kappa shape index (κ3) is 4.38. The third-order valence-electron chi connectivity index (χ3n) is 3.57. The van der Waals surface area contributed by atoms with E-state index in [4.69, 9.17) is 0 Å². The lowest BCUT2D eigenvalue weighted by molar-refractivity contribution is 0.242. The minimum absolute atomic E-state index is 0.0202. The topological polar surface area (TPSA) is 93.0 Å². The van der Waals surface area contributed by atoms with Crippen molar-refractivity contribution in [2.75, 3.05) is 13.2 Å². The zero-order valence-corrected chi connectivity index (χ0v) is 12.2. The predicted molar refractivity (Wildman–Crippen MR) is 84.2 cm³/mol. The first-order valence-electron chi connectivity index (χ1n) is 7.22.